The van der Waals surface area contributed by atoms with E-state index in [2.05, 4.69) is 17.1 Å². The third kappa shape index (κ3) is 4.25. The molecule has 0 aromatic heterocycles. The maximum Gasteiger partial charge on any atom is 0.234 e. The molecule has 0 saturated heterocycles. The number of hydrogen-bond donors (Lipinski definition) is 2. The van der Waals surface area contributed by atoms with Gasteiger partial charge in [0.2, 0.25) is 5.91 Å². The Kier molecular flexibility index (Phi) is 6.65. The fourth-order valence-corrected chi connectivity index (χ4v) is 2.83. The predicted molar refractivity (Wildman–Crippen MR) is 75.4 cm³/mol. The van der Waals surface area contributed by atoms with Crippen LogP contribution >= 0.6 is 0 Å². The molecule has 106 valence electrons. The Hall–Kier alpha value is -0.610. The van der Waals surface area contributed by atoms with Crippen LogP contribution in [0.15, 0.2) is 0 Å². The molecule has 0 unspecified atom stereocenters. The molecule has 3 N–H and O–H groups in total. The summed E-state index contributed by atoms with van der Waals surface area (Å²) in [5.41, 5.74) is 6.05. The lowest BCUT2D eigenvalue weighted by molar-refractivity contribution is -0.123. The maximum atomic E-state index is 11.8. The number of hydrogen-bond acceptors (Lipinski definition) is 3. The molecule has 0 heterocycles. The zero-order valence-corrected chi connectivity index (χ0v) is 12.0. The Bertz CT molecular complexity index is 247. The van der Waals surface area contributed by atoms with Gasteiger partial charge in [0.25, 0.3) is 0 Å². The quantitative estimate of drug-likeness (QED) is 0.707. The van der Waals surface area contributed by atoms with E-state index in [9.17, 15) is 4.79 Å². The Labute approximate surface area is 111 Å². The van der Waals surface area contributed by atoms with Crippen molar-refractivity contribution >= 4 is 5.91 Å². The van der Waals surface area contributed by atoms with Crippen molar-refractivity contribution in [2.75, 3.05) is 26.7 Å². The fourth-order valence-electron chi connectivity index (χ4n) is 2.83. The summed E-state index contributed by atoms with van der Waals surface area (Å²) in [4.78, 5) is 14.0. The molecule has 0 radical (unpaired) electrons. The Morgan fingerprint density at radius 1 is 1.28 bits per heavy atom. The highest BCUT2D eigenvalue weighted by molar-refractivity contribution is 5.78. The van der Waals surface area contributed by atoms with E-state index in [4.69, 9.17) is 5.73 Å². The van der Waals surface area contributed by atoms with Gasteiger partial charge >= 0.3 is 0 Å². The molecular formula is C14H29N3O. The highest BCUT2D eigenvalue weighted by atomic mass is 16.2. The minimum absolute atomic E-state index is 0.0417. The summed E-state index contributed by atoms with van der Waals surface area (Å²) in [6, 6.07) is 0. The lowest BCUT2D eigenvalue weighted by atomic mass is 9.88. The molecule has 1 saturated carbocycles. The number of carbonyl (C=O) groups is 1. The van der Waals surface area contributed by atoms with Crippen LogP contribution in [-0.2, 0) is 4.79 Å². The van der Waals surface area contributed by atoms with Crippen LogP contribution in [0.2, 0.25) is 0 Å². The van der Waals surface area contributed by atoms with E-state index in [0.717, 1.165) is 25.8 Å². The van der Waals surface area contributed by atoms with Gasteiger partial charge in [0.1, 0.15) is 0 Å². The average molecular weight is 255 g/mol. The summed E-state index contributed by atoms with van der Waals surface area (Å²) >= 11 is 0. The third-order valence-corrected chi connectivity index (χ3v) is 4.18. The number of nitrogens with two attached hydrogens (primary N) is 1. The molecule has 1 aliphatic rings. The SMILES string of the molecule is CCCNC(=O)CN(C)C1(CN)CCCCCC1. The Morgan fingerprint density at radius 3 is 2.39 bits per heavy atom. The summed E-state index contributed by atoms with van der Waals surface area (Å²) in [6.45, 7) is 3.96. The lowest BCUT2D eigenvalue weighted by Crippen LogP contribution is -2.54. The predicted octanol–water partition coefficient (Wildman–Crippen LogP) is 1.50. The van der Waals surface area contributed by atoms with E-state index in [0.29, 0.717) is 13.1 Å². The molecule has 4 nitrogen and oxygen atoms in total. The molecule has 0 bridgehead atoms. The average Bonchev–Trinajstić information content (AvgIpc) is 2.62. The molecule has 0 aromatic carbocycles. The number of likely N-dealkylation sites (N-methyl/N-ethyl adjacent to an activating group) is 1. The van der Waals surface area contributed by atoms with E-state index in [1.54, 1.807) is 0 Å². The van der Waals surface area contributed by atoms with Gasteiger partial charge in [-0.25, -0.2) is 0 Å². The lowest BCUT2D eigenvalue weighted by Gasteiger charge is -2.40. The first kappa shape index (κ1) is 15.4. The molecule has 1 amide bonds. The van der Waals surface area contributed by atoms with Crippen molar-refractivity contribution in [2.45, 2.75) is 57.4 Å². The molecule has 1 fully saturated rings. The highest BCUT2D eigenvalue weighted by Crippen LogP contribution is 2.30. The van der Waals surface area contributed by atoms with E-state index >= 15 is 0 Å². The van der Waals surface area contributed by atoms with Crippen molar-refractivity contribution in [3.05, 3.63) is 0 Å². The van der Waals surface area contributed by atoms with E-state index in [1.165, 1.54) is 25.7 Å². The summed E-state index contributed by atoms with van der Waals surface area (Å²) < 4.78 is 0. The third-order valence-electron chi connectivity index (χ3n) is 4.18. The first-order valence-corrected chi connectivity index (χ1v) is 7.32. The number of amides is 1. The molecule has 0 spiro atoms. The Balaban J connectivity index is 2.54. The van der Waals surface area contributed by atoms with Gasteiger partial charge in [-0.2, -0.15) is 0 Å². The van der Waals surface area contributed by atoms with Crippen LogP contribution in [0, 0.1) is 0 Å². The Morgan fingerprint density at radius 2 is 1.89 bits per heavy atom. The summed E-state index contributed by atoms with van der Waals surface area (Å²) in [6.07, 6.45) is 8.31. The molecule has 18 heavy (non-hydrogen) atoms. The van der Waals surface area contributed by atoms with E-state index < -0.39 is 0 Å². The minimum atomic E-state index is 0.0417. The van der Waals surface area contributed by atoms with Gasteiger partial charge < -0.3 is 11.1 Å². The second kappa shape index (κ2) is 7.74. The van der Waals surface area contributed by atoms with Crippen LogP contribution in [0.25, 0.3) is 0 Å². The van der Waals surface area contributed by atoms with Gasteiger partial charge in [0.05, 0.1) is 6.54 Å². The zero-order chi connectivity index (χ0) is 13.4. The maximum absolute atomic E-state index is 11.8. The van der Waals surface area contributed by atoms with Gasteiger partial charge in [-0.3, -0.25) is 9.69 Å². The number of rotatable bonds is 6. The van der Waals surface area contributed by atoms with Gasteiger partial charge in [-0.15, -0.1) is 0 Å². The van der Waals surface area contributed by atoms with Crippen LogP contribution in [0.3, 0.4) is 0 Å². The minimum Gasteiger partial charge on any atom is -0.355 e. The summed E-state index contributed by atoms with van der Waals surface area (Å²) in [7, 11) is 2.05. The second-order valence-corrected chi connectivity index (χ2v) is 5.55. The van der Waals surface area contributed by atoms with Crippen molar-refractivity contribution in [1.29, 1.82) is 0 Å². The van der Waals surface area contributed by atoms with Crippen molar-refractivity contribution < 1.29 is 4.79 Å². The first-order valence-electron chi connectivity index (χ1n) is 7.32. The molecule has 0 aliphatic heterocycles. The van der Waals surface area contributed by atoms with Gasteiger partial charge in [0.15, 0.2) is 0 Å². The first-order chi connectivity index (χ1) is 8.64. The van der Waals surface area contributed by atoms with E-state index in [-0.39, 0.29) is 11.4 Å². The molecule has 1 aliphatic carbocycles. The van der Waals surface area contributed by atoms with Crippen molar-refractivity contribution in [1.82, 2.24) is 10.2 Å². The van der Waals surface area contributed by atoms with Gasteiger partial charge in [0, 0.05) is 18.6 Å². The van der Waals surface area contributed by atoms with Crippen LogP contribution < -0.4 is 11.1 Å². The molecule has 0 atom stereocenters. The molecule has 4 heteroatoms. The van der Waals surface area contributed by atoms with E-state index in [1.807, 2.05) is 7.05 Å². The highest BCUT2D eigenvalue weighted by Gasteiger charge is 2.34. The smallest absolute Gasteiger partial charge is 0.234 e. The van der Waals surface area contributed by atoms with Crippen LogP contribution in [0.4, 0.5) is 0 Å². The van der Waals surface area contributed by atoms with Crippen molar-refractivity contribution in [3.63, 3.8) is 0 Å². The topological polar surface area (TPSA) is 58.4 Å². The van der Waals surface area contributed by atoms with Crippen LogP contribution in [-0.4, -0.2) is 43.0 Å². The van der Waals surface area contributed by atoms with Crippen molar-refractivity contribution in [3.8, 4) is 0 Å². The monoisotopic (exact) mass is 255 g/mol. The van der Waals surface area contributed by atoms with Gasteiger partial charge in [-0.1, -0.05) is 32.6 Å². The van der Waals surface area contributed by atoms with Gasteiger partial charge in [-0.05, 0) is 26.3 Å². The summed E-state index contributed by atoms with van der Waals surface area (Å²) in [5, 5.41) is 2.94. The molecular weight excluding hydrogens is 226 g/mol. The second-order valence-electron chi connectivity index (χ2n) is 5.55. The number of nitrogens with one attached hydrogen (secondary N) is 1. The van der Waals surface area contributed by atoms with Crippen molar-refractivity contribution in [2.24, 2.45) is 5.73 Å². The van der Waals surface area contributed by atoms with Crippen LogP contribution in [0.5, 0.6) is 0 Å². The largest absolute Gasteiger partial charge is 0.355 e. The molecule has 1 rings (SSSR count). The van der Waals surface area contributed by atoms with Crippen LogP contribution in [0.1, 0.15) is 51.9 Å². The standard InChI is InChI=1S/C14H29N3O/c1-3-10-16-13(18)11-17(2)14(12-15)8-6-4-5-7-9-14/h3-12,15H2,1-2H3,(H,16,18). The molecule has 0 aromatic rings. The number of nitrogens with zero attached hydrogens (tertiary/aromatic N) is 1. The fraction of sp³-hybridized carbons (Fsp3) is 0.929. The zero-order valence-electron chi connectivity index (χ0n) is 12.0. The number of carbonyl (C=O) groups excluding carboxylic acids is 1. The summed E-state index contributed by atoms with van der Waals surface area (Å²) in [5.74, 6) is 0.122. The normalized spacial score (nSPS) is 19.6.